The highest BCUT2D eigenvalue weighted by molar-refractivity contribution is 7.10. The highest BCUT2D eigenvalue weighted by Crippen LogP contribution is 2.22. The number of carbonyl (C=O) groups is 1. The standard InChI is InChI=1S/C18H25N3O2S/c1-21(2)16(17-9-6-10-24-17)13-20-18(23)19-12-15(22)11-14-7-4-3-5-8-14/h3-10,15-16,22H,11-13H2,1-2H3,(H2,19,20,23). The summed E-state index contributed by atoms with van der Waals surface area (Å²) in [4.78, 5) is 15.2. The maximum Gasteiger partial charge on any atom is 0.314 e. The van der Waals surface area contributed by atoms with Crippen molar-refractivity contribution in [3.05, 3.63) is 58.3 Å². The molecule has 6 heteroatoms. The third-order valence-electron chi connectivity index (χ3n) is 3.76. The van der Waals surface area contributed by atoms with E-state index in [1.54, 1.807) is 11.3 Å². The molecule has 2 amide bonds. The fourth-order valence-corrected chi connectivity index (χ4v) is 3.36. The van der Waals surface area contributed by atoms with E-state index in [1.165, 1.54) is 4.88 Å². The van der Waals surface area contributed by atoms with E-state index in [9.17, 15) is 9.90 Å². The first kappa shape index (κ1) is 18.4. The second kappa shape index (κ2) is 9.42. The number of thiophene rings is 1. The minimum atomic E-state index is -0.597. The smallest absolute Gasteiger partial charge is 0.314 e. The number of nitrogens with one attached hydrogen (secondary N) is 2. The summed E-state index contributed by atoms with van der Waals surface area (Å²) in [7, 11) is 3.99. The highest BCUT2D eigenvalue weighted by Gasteiger charge is 2.16. The summed E-state index contributed by atoms with van der Waals surface area (Å²) in [5.74, 6) is 0. The average Bonchev–Trinajstić information content (AvgIpc) is 3.08. The van der Waals surface area contributed by atoms with Crippen LogP contribution in [0.1, 0.15) is 16.5 Å². The third kappa shape index (κ3) is 5.96. The molecule has 2 atom stereocenters. The molecule has 0 spiro atoms. The van der Waals surface area contributed by atoms with Crippen LogP contribution in [-0.2, 0) is 6.42 Å². The van der Waals surface area contributed by atoms with Crippen molar-refractivity contribution in [1.29, 1.82) is 0 Å². The number of nitrogens with zero attached hydrogens (tertiary/aromatic N) is 1. The van der Waals surface area contributed by atoms with E-state index in [-0.39, 0.29) is 18.6 Å². The lowest BCUT2D eigenvalue weighted by Crippen LogP contribution is -2.43. The lowest BCUT2D eigenvalue weighted by Gasteiger charge is -2.23. The molecule has 5 nitrogen and oxygen atoms in total. The van der Waals surface area contributed by atoms with E-state index < -0.39 is 6.10 Å². The number of carbonyl (C=O) groups excluding carboxylic acids is 1. The van der Waals surface area contributed by atoms with E-state index in [4.69, 9.17) is 0 Å². The molecule has 0 bridgehead atoms. The number of benzene rings is 1. The first-order valence-corrected chi connectivity index (χ1v) is 8.87. The maximum absolute atomic E-state index is 11.9. The van der Waals surface area contributed by atoms with Crippen molar-refractivity contribution >= 4 is 17.4 Å². The van der Waals surface area contributed by atoms with Crippen molar-refractivity contribution in [2.75, 3.05) is 27.2 Å². The number of hydrogen-bond acceptors (Lipinski definition) is 4. The van der Waals surface area contributed by atoms with Crippen molar-refractivity contribution in [1.82, 2.24) is 15.5 Å². The summed E-state index contributed by atoms with van der Waals surface area (Å²) in [6.45, 7) is 0.750. The normalized spacial score (nSPS) is 13.5. The highest BCUT2D eigenvalue weighted by atomic mass is 32.1. The van der Waals surface area contributed by atoms with Crippen LogP contribution in [0, 0.1) is 0 Å². The van der Waals surface area contributed by atoms with Gasteiger partial charge in [-0.25, -0.2) is 4.79 Å². The first-order valence-electron chi connectivity index (χ1n) is 7.99. The SMILES string of the molecule is CN(C)C(CNC(=O)NCC(O)Cc1ccccc1)c1cccs1. The lowest BCUT2D eigenvalue weighted by molar-refractivity contribution is 0.170. The van der Waals surface area contributed by atoms with Gasteiger partial charge in [-0.2, -0.15) is 0 Å². The number of aliphatic hydroxyl groups is 1. The van der Waals surface area contributed by atoms with Gasteiger partial charge in [-0.15, -0.1) is 11.3 Å². The Kier molecular flexibility index (Phi) is 7.24. The molecule has 0 saturated carbocycles. The van der Waals surface area contributed by atoms with Crippen LogP contribution in [0.2, 0.25) is 0 Å². The fraction of sp³-hybridized carbons (Fsp3) is 0.389. The monoisotopic (exact) mass is 347 g/mol. The Morgan fingerprint density at radius 3 is 2.46 bits per heavy atom. The van der Waals surface area contributed by atoms with E-state index >= 15 is 0 Å². The van der Waals surface area contributed by atoms with Gasteiger partial charge in [-0.3, -0.25) is 0 Å². The average molecular weight is 347 g/mol. The zero-order valence-electron chi connectivity index (χ0n) is 14.1. The summed E-state index contributed by atoms with van der Waals surface area (Å²) in [5, 5.41) is 17.7. The van der Waals surface area contributed by atoms with Gasteiger partial charge in [-0.1, -0.05) is 36.4 Å². The van der Waals surface area contributed by atoms with Gasteiger partial charge in [0.05, 0.1) is 12.1 Å². The predicted molar refractivity (Wildman–Crippen MR) is 98.3 cm³/mol. The Morgan fingerprint density at radius 1 is 1.12 bits per heavy atom. The molecule has 1 aromatic carbocycles. The van der Waals surface area contributed by atoms with E-state index in [1.807, 2.05) is 55.9 Å². The topological polar surface area (TPSA) is 64.6 Å². The van der Waals surface area contributed by atoms with Gasteiger partial charge in [-0.05, 0) is 31.1 Å². The minimum absolute atomic E-state index is 0.144. The number of rotatable bonds is 8. The van der Waals surface area contributed by atoms with Crippen LogP contribution in [0.15, 0.2) is 47.8 Å². The van der Waals surface area contributed by atoms with E-state index in [2.05, 4.69) is 21.6 Å². The molecule has 0 aliphatic heterocycles. The van der Waals surface area contributed by atoms with Gasteiger partial charge < -0.3 is 20.6 Å². The number of hydrogen-bond donors (Lipinski definition) is 3. The second-order valence-corrected chi connectivity index (χ2v) is 6.91. The van der Waals surface area contributed by atoms with Gasteiger partial charge in [0.2, 0.25) is 0 Å². The van der Waals surface area contributed by atoms with Crippen LogP contribution in [-0.4, -0.2) is 49.3 Å². The van der Waals surface area contributed by atoms with Crippen molar-refractivity contribution < 1.29 is 9.90 Å². The van der Waals surface area contributed by atoms with Gasteiger partial charge in [0.15, 0.2) is 0 Å². The summed E-state index contributed by atoms with van der Waals surface area (Å²) < 4.78 is 0. The number of amides is 2. The molecule has 130 valence electrons. The second-order valence-electron chi connectivity index (χ2n) is 5.93. The predicted octanol–water partition coefficient (Wildman–Crippen LogP) is 2.25. The molecule has 0 aliphatic rings. The van der Waals surface area contributed by atoms with Crippen LogP contribution < -0.4 is 10.6 Å². The van der Waals surface area contributed by atoms with Gasteiger partial charge in [0.1, 0.15) is 0 Å². The Balaban J connectivity index is 1.72. The zero-order chi connectivity index (χ0) is 17.4. The molecule has 3 N–H and O–H groups in total. The zero-order valence-corrected chi connectivity index (χ0v) is 14.9. The Hall–Kier alpha value is -1.89. The largest absolute Gasteiger partial charge is 0.391 e. The van der Waals surface area contributed by atoms with Gasteiger partial charge >= 0.3 is 6.03 Å². The van der Waals surface area contributed by atoms with Crippen molar-refractivity contribution in [3.8, 4) is 0 Å². The Labute approximate surface area is 147 Å². The Bertz CT molecular complexity index is 602. The van der Waals surface area contributed by atoms with Crippen LogP contribution in [0.3, 0.4) is 0 Å². The van der Waals surface area contributed by atoms with Crippen LogP contribution in [0.4, 0.5) is 4.79 Å². The molecule has 0 radical (unpaired) electrons. The van der Waals surface area contributed by atoms with Crippen LogP contribution in [0.5, 0.6) is 0 Å². The van der Waals surface area contributed by atoms with Gasteiger partial charge in [0, 0.05) is 24.4 Å². The summed E-state index contributed by atoms with van der Waals surface area (Å²) >= 11 is 1.68. The molecule has 0 saturated heterocycles. The summed E-state index contributed by atoms with van der Waals surface area (Å²) in [6, 6.07) is 13.7. The summed E-state index contributed by atoms with van der Waals surface area (Å²) in [6.07, 6.45) is -0.0727. The number of likely N-dealkylation sites (N-methyl/N-ethyl adjacent to an activating group) is 1. The van der Waals surface area contributed by atoms with Crippen molar-refractivity contribution in [2.45, 2.75) is 18.6 Å². The molecular formula is C18H25N3O2S. The molecule has 24 heavy (non-hydrogen) atoms. The van der Waals surface area contributed by atoms with Crippen molar-refractivity contribution in [2.24, 2.45) is 0 Å². The van der Waals surface area contributed by atoms with Crippen LogP contribution >= 0.6 is 11.3 Å². The fourth-order valence-electron chi connectivity index (χ4n) is 2.44. The minimum Gasteiger partial charge on any atom is -0.391 e. The quantitative estimate of drug-likeness (QED) is 0.686. The number of aliphatic hydroxyl groups excluding tert-OH is 1. The third-order valence-corrected chi connectivity index (χ3v) is 4.74. The molecule has 0 aliphatic carbocycles. The first-order chi connectivity index (χ1) is 11.6. The molecule has 1 heterocycles. The summed E-state index contributed by atoms with van der Waals surface area (Å²) in [5.41, 5.74) is 1.05. The van der Waals surface area contributed by atoms with Crippen molar-refractivity contribution in [3.63, 3.8) is 0 Å². The maximum atomic E-state index is 11.9. The molecule has 2 aromatic rings. The molecular weight excluding hydrogens is 322 g/mol. The lowest BCUT2D eigenvalue weighted by atomic mass is 10.1. The Morgan fingerprint density at radius 2 is 1.83 bits per heavy atom. The number of urea groups is 1. The molecule has 2 rings (SSSR count). The van der Waals surface area contributed by atoms with Gasteiger partial charge in [0.25, 0.3) is 0 Å². The van der Waals surface area contributed by atoms with Crippen LogP contribution in [0.25, 0.3) is 0 Å². The van der Waals surface area contributed by atoms with E-state index in [0.717, 1.165) is 5.56 Å². The van der Waals surface area contributed by atoms with E-state index in [0.29, 0.717) is 13.0 Å². The molecule has 2 unspecified atom stereocenters. The molecule has 0 fully saturated rings. The molecule has 1 aromatic heterocycles.